The van der Waals surface area contributed by atoms with E-state index in [0.717, 1.165) is 25.7 Å². The molecule has 0 unspecified atom stereocenters. The van der Waals surface area contributed by atoms with E-state index in [1.165, 1.54) is 0 Å². The number of hydrogen-bond acceptors (Lipinski definition) is 4. The number of amides is 1. The predicted octanol–water partition coefficient (Wildman–Crippen LogP) is 1.90. The Hall–Kier alpha value is -2.21. The van der Waals surface area contributed by atoms with Gasteiger partial charge in [-0.05, 0) is 51.2 Å². The molecule has 3 rings (SSSR count). The number of nitrogens with one attached hydrogen (secondary N) is 1. The summed E-state index contributed by atoms with van der Waals surface area (Å²) in [6, 6.07) is 7.49. The quantitative estimate of drug-likeness (QED) is 0.868. The van der Waals surface area contributed by atoms with E-state index >= 15 is 0 Å². The normalized spacial score (nSPS) is 20.6. The van der Waals surface area contributed by atoms with E-state index in [0.29, 0.717) is 36.1 Å². The van der Waals surface area contributed by atoms with E-state index < -0.39 is 0 Å². The van der Waals surface area contributed by atoms with Crippen LogP contribution < -0.4 is 10.9 Å². The molecule has 6 heteroatoms. The Bertz CT molecular complexity index is 807. The summed E-state index contributed by atoms with van der Waals surface area (Å²) < 4.78 is 1.65. The smallest absolute Gasteiger partial charge is 0.261 e. The van der Waals surface area contributed by atoms with Crippen LogP contribution in [0.3, 0.4) is 0 Å². The molecule has 6 nitrogen and oxygen atoms in total. The van der Waals surface area contributed by atoms with Crippen molar-refractivity contribution in [2.75, 3.05) is 0 Å². The standard InChI is InChI=1S/C19H25N3O3/c1-13-20-17-6-3-2-5-16(17)19(25)22(13)12-4-7-18(24)21-14-8-10-15(23)11-9-14/h2-3,5-6,14-15,23H,4,7-12H2,1H3,(H,21,24). The number of nitrogens with zero attached hydrogens (tertiary/aromatic N) is 2. The van der Waals surface area contributed by atoms with Crippen molar-refractivity contribution in [3.63, 3.8) is 0 Å². The molecule has 0 spiro atoms. The van der Waals surface area contributed by atoms with Gasteiger partial charge in [0.05, 0.1) is 17.0 Å². The number of rotatable bonds is 5. The van der Waals surface area contributed by atoms with E-state index in [1.807, 2.05) is 25.1 Å². The zero-order valence-electron chi connectivity index (χ0n) is 14.6. The molecule has 0 bridgehead atoms. The average molecular weight is 343 g/mol. The molecule has 0 atom stereocenters. The van der Waals surface area contributed by atoms with Crippen molar-refractivity contribution in [2.45, 2.75) is 64.1 Å². The summed E-state index contributed by atoms with van der Waals surface area (Å²) in [5, 5.41) is 13.1. The van der Waals surface area contributed by atoms with Gasteiger partial charge in [0.25, 0.3) is 5.56 Å². The van der Waals surface area contributed by atoms with Gasteiger partial charge in [-0.25, -0.2) is 4.98 Å². The summed E-state index contributed by atoms with van der Waals surface area (Å²) in [4.78, 5) is 29.1. The molecule has 1 aromatic carbocycles. The first kappa shape index (κ1) is 17.6. The summed E-state index contributed by atoms with van der Waals surface area (Å²) in [6.45, 7) is 2.31. The molecule has 1 saturated carbocycles. The van der Waals surface area contributed by atoms with Crippen LogP contribution in [0, 0.1) is 6.92 Å². The molecule has 0 aliphatic heterocycles. The van der Waals surface area contributed by atoms with E-state index in [2.05, 4.69) is 10.3 Å². The van der Waals surface area contributed by atoms with E-state index in [1.54, 1.807) is 10.6 Å². The van der Waals surface area contributed by atoms with Crippen molar-refractivity contribution < 1.29 is 9.90 Å². The van der Waals surface area contributed by atoms with Crippen molar-refractivity contribution in [1.82, 2.24) is 14.9 Å². The fourth-order valence-electron chi connectivity index (χ4n) is 3.46. The monoisotopic (exact) mass is 343 g/mol. The second-order valence-corrected chi connectivity index (χ2v) is 6.81. The van der Waals surface area contributed by atoms with Crippen molar-refractivity contribution in [1.29, 1.82) is 0 Å². The molecule has 1 aliphatic rings. The van der Waals surface area contributed by atoms with Crippen LogP contribution in [0.1, 0.15) is 44.3 Å². The Morgan fingerprint density at radius 1 is 1.28 bits per heavy atom. The van der Waals surface area contributed by atoms with E-state index in [9.17, 15) is 14.7 Å². The number of aromatic nitrogens is 2. The van der Waals surface area contributed by atoms with Crippen LogP contribution in [0.4, 0.5) is 0 Å². The Balaban J connectivity index is 1.56. The number of fused-ring (bicyclic) bond motifs is 1. The Morgan fingerprint density at radius 3 is 2.76 bits per heavy atom. The topological polar surface area (TPSA) is 84.2 Å². The van der Waals surface area contributed by atoms with Gasteiger partial charge in [0.2, 0.25) is 5.91 Å². The second kappa shape index (κ2) is 7.78. The summed E-state index contributed by atoms with van der Waals surface area (Å²) in [5.41, 5.74) is 0.656. The van der Waals surface area contributed by atoms with Gasteiger partial charge in [0, 0.05) is 19.0 Å². The molecule has 1 aromatic heterocycles. The van der Waals surface area contributed by atoms with Gasteiger partial charge in [-0.3, -0.25) is 14.2 Å². The second-order valence-electron chi connectivity index (χ2n) is 6.81. The molecule has 0 radical (unpaired) electrons. The highest BCUT2D eigenvalue weighted by Gasteiger charge is 2.20. The SMILES string of the molecule is Cc1nc2ccccc2c(=O)n1CCCC(=O)NC1CCC(O)CC1. The number of hydrogen-bond donors (Lipinski definition) is 2. The van der Waals surface area contributed by atoms with Gasteiger partial charge < -0.3 is 10.4 Å². The van der Waals surface area contributed by atoms with Crippen molar-refractivity contribution in [3.8, 4) is 0 Å². The maximum absolute atomic E-state index is 12.6. The number of aryl methyl sites for hydroxylation is 1. The fraction of sp³-hybridized carbons (Fsp3) is 0.526. The van der Waals surface area contributed by atoms with Crippen molar-refractivity contribution in [3.05, 3.63) is 40.4 Å². The average Bonchev–Trinajstić information content (AvgIpc) is 2.60. The summed E-state index contributed by atoms with van der Waals surface area (Å²) in [5.74, 6) is 0.686. The summed E-state index contributed by atoms with van der Waals surface area (Å²) in [6.07, 6.45) is 3.94. The first-order chi connectivity index (χ1) is 12.0. The minimum absolute atomic E-state index is 0.0147. The first-order valence-corrected chi connectivity index (χ1v) is 8.98. The van der Waals surface area contributed by atoms with Gasteiger partial charge >= 0.3 is 0 Å². The lowest BCUT2D eigenvalue weighted by molar-refractivity contribution is -0.122. The number of carbonyl (C=O) groups excluding carboxylic acids is 1. The third kappa shape index (κ3) is 4.25. The zero-order chi connectivity index (χ0) is 17.8. The Kier molecular flexibility index (Phi) is 5.48. The Labute approximate surface area is 146 Å². The van der Waals surface area contributed by atoms with Gasteiger partial charge in [0.1, 0.15) is 5.82 Å². The van der Waals surface area contributed by atoms with Crippen LogP contribution in [0.15, 0.2) is 29.1 Å². The van der Waals surface area contributed by atoms with Crippen LogP contribution >= 0.6 is 0 Å². The third-order valence-electron chi connectivity index (χ3n) is 4.90. The molecular weight excluding hydrogens is 318 g/mol. The van der Waals surface area contributed by atoms with Crippen molar-refractivity contribution in [2.24, 2.45) is 0 Å². The van der Waals surface area contributed by atoms with Crippen LogP contribution in [-0.4, -0.2) is 32.7 Å². The van der Waals surface area contributed by atoms with E-state index in [4.69, 9.17) is 0 Å². The summed E-state index contributed by atoms with van der Waals surface area (Å²) >= 11 is 0. The number of para-hydroxylation sites is 1. The first-order valence-electron chi connectivity index (χ1n) is 8.98. The molecule has 2 aromatic rings. The van der Waals surface area contributed by atoms with Gasteiger partial charge in [-0.2, -0.15) is 0 Å². The molecule has 1 fully saturated rings. The molecule has 0 saturated heterocycles. The third-order valence-corrected chi connectivity index (χ3v) is 4.90. The molecule has 1 amide bonds. The highest BCUT2D eigenvalue weighted by Crippen LogP contribution is 2.18. The number of aliphatic hydroxyl groups is 1. The molecule has 134 valence electrons. The minimum Gasteiger partial charge on any atom is -0.393 e. The zero-order valence-corrected chi connectivity index (χ0v) is 14.6. The maximum Gasteiger partial charge on any atom is 0.261 e. The number of aliphatic hydroxyl groups excluding tert-OH is 1. The summed E-state index contributed by atoms with van der Waals surface area (Å²) in [7, 11) is 0. The van der Waals surface area contributed by atoms with Crippen LogP contribution in [0.5, 0.6) is 0 Å². The predicted molar refractivity (Wildman–Crippen MR) is 96.4 cm³/mol. The molecule has 1 aliphatic carbocycles. The molecule has 2 N–H and O–H groups in total. The van der Waals surface area contributed by atoms with Crippen molar-refractivity contribution >= 4 is 16.8 Å². The maximum atomic E-state index is 12.6. The number of benzene rings is 1. The van der Waals surface area contributed by atoms with Crippen LogP contribution in [-0.2, 0) is 11.3 Å². The minimum atomic E-state index is -0.219. The van der Waals surface area contributed by atoms with Gasteiger partial charge in [-0.15, -0.1) is 0 Å². The Morgan fingerprint density at radius 2 is 2.00 bits per heavy atom. The lowest BCUT2D eigenvalue weighted by Gasteiger charge is -2.26. The number of carbonyl (C=O) groups is 1. The van der Waals surface area contributed by atoms with E-state index in [-0.39, 0.29) is 23.6 Å². The fourth-order valence-corrected chi connectivity index (χ4v) is 3.46. The van der Waals surface area contributed by atoms with Crippen LogP contribution in [0.25, 0.3) is 10.9 Å². The highest BCUT2D eigenvalue weighted by molar-refractivity contribution is 5.77. The van der Waals surface area contributed by atoms with Gasteiger partial charge in [0.15, 0.2) is 0 Å². The molecular formula is C19H25N3O3. The van der Waals surface area contributed by atoms with Gasteiger partial charge in [-0.1, -0.05) is 12.1 Å². The molecule has 25 heavy (non-hydrogen) atoms. The van der Waals surface area contributed by atoms with Crippen LogP contribution in [0.2, 0.25) is 0 Å². The molecule has 1 heterocycles. The highest BCUT2D eigenvalue weighted by atomic mass is 16.3. The lowest BCUT2D eigenvalue weighted by Crippen LogP contribution is -2.38. The largest absolute Gasteiger partial charge is 0.393 e. The lowest BCUT2D eigenvalue weighted by atomic mass is 9.93.